The molecule has 1 N–H and O–H groups in total. The third kappa shape index (κ3) is 8.67. The number of nitrogens with zero attached hydrogens (tertiary/aromatic N) is 3. The highest BCUT2D eigenvalue weighted by Crippen LogP contribution is 2.34. The van der Waals surface area contributed by atoms with Gasteiger partial charge in [0.25, 0.3) is 5.69 Å². The van der Waals surface area contributed by atoms with Crippen LogP contribution in [-0.2, 0) is 32.6 Å². The lowest BCUT2D eigenvalue weighted by Crippen LogP contribution is -2.53. The summed E-state index contributed by atoms with van der Waals surface area (Å²) in [6.07, 6.45) is 1.71. The van der Waals surface area contributed by atoms with E-state index in [1.54, 1.807) is 24.3 Å². The number of ether oxygens (including phenoxy) is 1. The molecule has 13 heteroatoms. The van der Waals surface area contributed by atoms with Crippen molar-refractivity contribution in [3.8, 4) is 5.75 Å². The van der Waals surface area contributed by atoms with Crippen molar-refractivity contribution in [2.45, 2.75) is 32.4 Å². The summed E-state index contributed by atoms with van der Waals surface area (Å²) in [4.78, 5) is 39.8. The molecule has 0 aromatic heterocycles. The second kappa shape index (κ2) is 14.6. The zero-order valence-electron chi connectivity index (χ0n) is 23.5. The summed E-state index contributed by atoms with van der Waals surface area (Å²) in [6, 6.07) is 18.4. The average molecular weight is 617 g/mol. The molecule has 0 aliphatic heterocycles. The topological polar surface area (TPSA) is 139 Å². The molecule has 0 aliphatic rings. The van der Waals surface area contributed by atoms with E-state index in [1.807, 2.05) is 37.3 Å². The Labute approximate surface area is 250 Å². The van der Waals surface area contributed by atoms with Crippen LogP contribution in [0.3, 0.4) is 0 Å². The lowest BCUT2D eigenvalue weighted by molar-refractivity contribution is -0.384. The number of anilines is 1. The van der Waals surface area contributed by atoms with Gasteiger partial charge in [-0.15, -0.1) is 0 Å². The van der Waals surface area contributed by atoms with Crippen molar-refractivity contribution in [2.24, 2.45) is 0 Å². The number of nitro groups is 1. The SMILES string of the molecule is CCCNC(=O)[C@H](Cc1ccccc1)N(Cc1cccc(Cl)c1)C(=O)CN(c1cc([N+](=O)[O-])ccc1OC)S(C)(=O)=O. The highest BCUT2D eigenvalue weighted by molar-refractivity contribution is 7.92. The Bertz CT molecular complexity index is 1520. The number of rotatable bonds is 14. The molecule has 11 nitrogen and oxygen atoms in total. The van der Waals surface area contributed by atoms with Crippen LogP contribution in [0.15, 0.2) is 72.8 Å². The van der Waals surface area contributed by atoms with Crippen LogP contribution < -0.4 is 14.4 Å². The normalized spacial score (nSPS) is 11.8. The number of amides is 2. The fraction of sp³-hybridized carbons (Fsp3) is 0.310. The van der Waals surface area contributed by atoms with Crippen LogP contribution in [0.2, 0.25) is 5.02 Å². The van der Waals surface area contributed by atoms with E-state index < -0.39 is 39.3 Å². The van der Waals surface area contributed by atoms with Gasteiger partial charge in [0.1, 0.15) is 24.0 Å². The Kier molecular flexibility index (Phi) is 11.3. The van der Waals surface area contributed by atoms with E-state index in [1.165, 1.54) is 24.1 Å². The molecule has 0 saturated carbocycles. The largest absolute Gasteiger partial charge is 0.495 e. The molecule has 224 valence electrons. The summed E-state index contributed by atoms with van der Waals surface area (Å²) in [5.41, 5.74) is 0.846. The van der Waals surface area contributed by atoms with E-state index in [0.717, 1.165) is 22.2 Å². The van der Waals surface area contributed by atoms with Crippen LogP contribution in [-0.4, -0.2) is 62.6 Å². The first-order valence-electron chi connectivity index (χ1n) is 13.1. The number of hydrogen-bond acceptors (Lipinski definition) is 7. The van der Waals surface area contributed by atoms with Gasteiger partial charge in [-0.3, -0.25) is 24.0 Å². The van der Waals surface area contributed by atoms with E-state index >= 15 is 0 Å². The molecule has 3 aromatic rings. The fourth-order valence-corrected chi connectivity index (χ4v) is 5.39. The van der Waals surface area contributed by atoms with Crippen LogP contribution in [0.25, 0.3) is 0 Å². The van der Waals surface area contributed by atoms with Crippen LogP contribution in [0, 0.1) is 10.1 Å². The van der Waals surface area contributed by atoms with Gasteiger partial charge >= 0.3 is 0 Å². The number of nitrogens with one attached hydrogen (secondary N) is 1. The van der Waals surface area contributed by atoms with Crippen molar-refractivity contribution >= 4 is 44.8 Å². The van der Waals surface area contributed by atoms with Crippen LogP contribution >= 0.6 is 11.6 Å². The Hall–Kier alpha value is -4.16. The molecule has 42 heavy (non-hydrogen) atoms. The molecule has 0 heterocycles. The number of benzene rings is 3. The molecule has 0 spiro atoms. The van der Waals surface area contributed by atoms with Crippen molar-refractivity contribution in [3.05, 3.63) is 99.1 Å². The number of sulfonamides is 1. The third-order valence-corrected chi connectivity index (χ3v) is 7.74. The molecule has 0 aliphatic carbocycles. The van der Waals surface area contributed by atoms with Gasteiger partial charge in [0.2, 0.25) is 21.8 Å². The Morgan fingerprint density at radius 3 is 2.33 bits per heavy atom. The Balaban J connectivity index is 2.12. The van der Waals surface area contributed by atoms with Crippen LogP contribution in [0.5, 0.6) is 5.75 Å². The van der Waals surface area contributed by atoms with E-state index in [0.29, 0.717) is 23.6 Å². The minimum atomic E-state index is -4.16. The molecule has 0 bridgehead atoms. The highest BCUT2D eigenvalue weighted by atomic mass is 35.5. The van der Waals surface area contributed by atoms with Gasteiger partial charge in [0.15, 0.2) is 0 Å². The molecule has 0 unspecified atom stereocenters. The van der Waals surface area contributed by atoms with Crippen LogP contribution in [0.1, 0.15) is 24.5 Å². The summed E-state index contributed by atoms with van der Waals surface area (Å²) >= 11 is 6.21. The maximum absolute atomic E-state index is 14.1. The standard InChI is InChI=1S/C29H33ClN4O7S/c1-4-15-31-29(36)26(17-21-9-6-5-7-10-21)32(19-22-11-8-12-23(30)16-22)28(35)20-33(42(3,39)40)25-18-24(34(37)38)13-14-27(25)41-2/h5-14,16,18,26H,4,15,17,19-20H2,1-3H3,(H,31,36)/t26-/m0/s1. The highest BCUT2D eigenvalue weighted by Gasteiger charge is 2.34. The molecule has 1 atom stereocenters. The number of non-ortho nitro benzene ring substituents is 1. The lowest BCUT2D eigenvalue weighted by Gasteiger charge is -2.33. The number of nitro benzene ring substituents is 1. The van der Waals surface area contributed by atoms with Gasteiger partial charge in [0, 0.05) is 36.7 Å². The molecule has 2 amide bonds. The van der Waals surface area contributed by atoms with Crippen molar-refractivity contribution < 1.29 is 27.7 Å². The van der Waals surface area contributed by atoms with Gasteiger partial charge in [-0.05, 0) is 35.7 Å². The van der Waals surface area contributed by atoms with Crippen molar-refractivity contribution in [1.82, 2.24) is 10.2 Å². The smallest absolute Gasteiger partial charge is 0.271 e. The quantitative estimate of drug-likeness (QED) is 0.212. The second-order valence-electron chi connectivity index (χ2n) is 9.53. The molecule has 3 rings (SSSR count). The minimum absolute atomic E-state index is 0.0155. The zero-order chi connectivity index (χ0) is 30.9. The summed E-state index contributed by atoms with van der Waals surface area (Å²) in [5.74, 6) is -1.10. The number of methoxy groups -OCH3 is 1. The Morgan fingerprint density at radius 2 is 1.74 bits per heavy atom. The molecule has 0 fully saturated rings. The molecule has 3 aromatic carbocycles. The molecule has 0 saturated heterocycles. The van der Waals surface area contributed by atoms with Gasteiger partial charge in [-0.1, -0.05) is 61.0 Å². The first-order valence-corrected chi connectivity index (χ1v) is 15.3. The van der Waals surface area contributed by atoms with Crippen LogP contribution in [0.4, 0.5) is 11.4 Å². The fourth-order valence-electron chi connectivity index (χ4n) is 4.33. The van der Waals surface area contributed by atoms with E-state index in [-0.39, 0.29) is 30.1 Å². The third-order valence-electron chi connectivity index (χ3n) is 6.38. The maximum Gasteiger partial charge on any atom is 0.271 e. The van der Waals surface area contributed by atoms with Crippen molar-refractivity contribution in [3.63, 3.8) is 0 Å². The molecule has 0 radical (unpaired) electrons. The predicted octanol–water partition coefficient (Wildman–Crippen LogP) is 4.19. The lowest BCUT2D eigenvalue weighted by atomic mass is 10.0. The van der Waals surface area contributed by atoms with Crippen molar-refractivity contribution in [1.29, 1.82) is 0 Å². The van der Waals surface area contributed by atoms with Gasteiger partial charge in [0.05, 0.1) is 18.3 Å². The monoisotopic (exact) mass is 616 g/mol. The summed E-state index contributed by atoms with van der Waals surface area (Å²) < 4.78 is 32.1. The number of carbonyl (C=O) groups excluding carboxylic acids is 2. The molecular formula is C29H33ClN4O7S. The molecular weight excluding hydrogens is 584 g/mol. The second-order valence-corrected chi connectivity index (χ2v) is 11.9. The number of carbonyl (C=O) groups is 2. The van der Waals surface area contributed by atoms with E-state index in [9.17, 15) is 28.1 Å². The Morgan fingerprint density at radius 1 is 1.05 bits per heavy atom. The first kappa shape index (κ1) is 32.4. The zero-order valence-corrected chi connectivity index (χ0v) is 25.1. The number of halogens is 1. The average Bonchev–Trinajstić information content (AvgIpc) is 2.95. The summed E-state index contributed by atoms with van der Waals surface area (Å²) in [7, 11) is -2.87. The minimum Gasteiger partial charge on any atom is -0.495 e. The number of hydrogen-bond donors (Lipinski definition) is 1. The first-order chi connectivity index (χ1) is 19.9. The summed E-state index contributed by atoms with van der Waals surface area (Å²) in [5, 5.41) is 14.8. The predicted molar refractivity (Wildman–Crippen MR) is 161 cm³/mol. The van der Waals surface area contributed by atoms with Gasteiger partial charge in [-0.25, -0.2) is 8.42 Å². The summed E-state index contributed by atoms with van der Waals surface area (Å²) in [6.45, 7) is 1.48. The maximum atomic E-state index is 14.1. The van der Waals surface area contributed by atoms with Gasteiger partial charge < -0.3 is 15.0 Å². The van der Waals surface area contributed by atoms with Gasteiger partial charge in [-0.2, -0.15) is 0 Å². The van der Waals surface area contributed by atoms with E-state index in [4.69, 9.17) is 16.3 Å². The van der Waals surface area contributed by atoms with E-state index in [2.05, 4.69) is 5.32 Å². The van der Waals surface area contributed by atoms with Crippen molar-refractivity contribution in [2.75, 3.05) is 30.8 Å².